The molecule has 1 fully saturated rings. The molecule has 0 unspecified atom stereocenters. The summed E-state index contributed by atoms with van der Waals surface area (Å²) in [4.78, 5) is 33.0. The molecule has 212 valence electrons. The zero-order chi connectivity index (χ0) is 29.1. The average Bonchev–Trinajstić information content (AvgIpc) is 3.47. The molecule has 0 radical (unpaired) electrons. The maximum atomic E-state index is 14.4. The van der Waals surface area contributed by atoms with Gasteiger partial charge in [-0.15, -0.1) is 12.6 Å². The van der Waals surface area contributed by atoms with E-state index in [9.17, 15) is 9.59 Å². The minimum atomic E-state index is -0.752. The molecule has 3 aromatic carbocycles. The first-order valence-electron chi connectivity index (χ1n) is 13.0. The number of carbonyl (C=O) groups is 2. The molecule has 4 N–H and O–H groups in total. The number of fused-ring (bicyclic) bond motifs is 1. The Labute approximate surface area is 248 Å². The Bertz CT molecular complexity index is 1620. The predicted octanol–water partition coefficient (Wildman–Crippen LogP) is 6.46. The van der Waals surface area contributed by atoms with Crippen LogP contribution in [-0.2, 0) is 9.53 Å². The van der Waals surface area contributed by atoms with Crippen LogP contribution in [0.3, 0.4) is 0 Å². The van der Waals surface area contributed by atoms with Crippen molar-refractivity contribution in [2.75, 3.05) is 37.1 Å². The fraction of sp³-hybridized carbons (Fsp3) is 0.233. The number of nitrogens with two attached hydrogens (primary N) is 1. The van der Waals surface area contributed by atoms with E-state index in [1.165, 1.54) is 14.2 Å². The summed E-state index contributed by atoms with van der Waals surface area (Å²) in [6, 6.07) is 17.3. The molecule has 1 aliphatic heterocycles. The number of hydrogen-bond acceptors (Lipinski definition) is 8. The largest absolute Gasteiger partial charge is 0.495 e. The number of pyridine rings is 1. The van der Waals surface area contributed by atoms with Crippen molar-refractivity contribution in [1.82, 2.24) is 9.88 Å². The van der Waals surface area contributed by atoms with Crippen molar-refractivity contribution < 1.29 is 19.1 Å². The molecule has 0 spiro atoms. The monoisotopic (exact) mass is 591 g/mol. The summed E-state index contributed by atoms with van der Waals surface area (Å²) < 4.78 is 10.2. The van der Waals surface area contributed by atoms with Crippen LogP contribution >= 0.6 is 24.2 Å². The lowest BCUT2D eigenvalue weighted by Gasteiger charge is -2.31. The molecule has 0 saturated carbocycles. The number of nitrogens with zero attached hydrogens (tertiary/aromatic N) is 2. The van der Waals surface area contributed by atoms with E-state index < -0.39 is 12.1 Å². The number of methoxy groups -OCH3 is 2. The molecule has 2 heterocycles. The quantitative estimate of drug-likeness (QED) is 0.182. The lowest BCUT2D eigenvalue weighted by Crippen LogP contribution is -2.37. The van der Waals surface area contributed by atoms with Crippen molar-refractivity contribution in [2.45, 2.75) is 29.8 Å². The number of ether oxygens (including phenoxy) is 2. The number of nitrogens with one attached hydrogen (secondary N) is 2. The van der Waals surface area contributed by atoms with Crippen LogP contribution in [-0.4, -0.2) is 42.6 Å². The first-order valence-corrected chi connectivity index (χ1v) is 13.8. The molecule has 1 saturated heterocycles. The lowest BCUT2D eigenvalue weighted by molar-refractivity contribution is -0.133. The van der Waals surface area contributed by atoms with Gasteiger partial charge >= 0.3 is 6.09 Å². The van der Waals surface area contributed by atoms with Gasteiger partial charge in [0.05, 0.1) is 25.3 Å². The smallest absolute Gasteiger partial charge is 0.411 e. The minimum Gasteiger partial charge on any atom is -0.495 e. The SMILES string of the molecule is COC(=O)Nc1ccc(S)c([C@H]2CCCN2C(=O)[C@H](Nc2ccc3c(N)nccc3c2)c2ccc(Cl)c(OC)c2)c1. The molecule has 0 bridgehead atoms. The maximum absolute atomic E-state index is 14.4. The number of anilines is 3. The molecule has 4 aromatic rings. The molecule has 1 aromatic heterocycles. The first-order chi connectivity index (χ1) is 19.8. The fourth-order valence-corrected chi connectivity index (χ4v) is 5.67. The minimum absolute atomic E-state index is 0.120. The third-order valence-corrected chi connectivity index (χ3v) is 7.94. The molecule has 2 atom stereocenters. The van der Waals surface area contributed by atoms with Crippen LogP contribution in [0.2, 0.25) is 5.02 Å². The summed E-state index contributed by atoms with van der Waals surface area (Å²) in [5, 5.41) is 8.31. The second-order valence-electron chi connectivity index (χ2n) is 9.68. The Morgan fingerprint density at radius 3 is 2.68 bits per heavy atom. The summed E-state index contributed by atoms with van der Waals surface area (Å²) in [5.74, 6) is 0.791. The van der Waals surface area contributed by atoms with Gasteiger partial charge in [0.2, 0.25) is 5.91 Å². The average molecular weight is 592 g/mol. The number of aromatic nitrogens is 1. The highest BCUT2D eigenvalue weighted by Crippen LogP contribution is 2.40. The van der Waals surface area contributed by atoms with Gasteiger partial charge in [0.1, 0.15) is 17.6 Å². The number of carbonyl (C=O) groups excluding carboxylic acids is 2. The molecule has 2 amide bonds. The molecule has 9 nitrogen and oxygen atoms in total. The van der Waals surface area contributed by atoms with E-state index in [-0.39, 0.29) is 11.9 Å². The van der Waals surface area contributed by atoms with Gasteiger partial charge in [-0.05, 0) is 84.0 Å². The van der Waals surface area contributed by atoms with Crippen molar-refractivity contribution in [1.29, 1.82) is 0 Å². The maximum Gasteiger partial charge on any atom is 0.411 e. The van der Waals surface area contributed by atoms with Crippen LogP contribution in [0.25, 0.3) is 10.8 Å². The predicted molar refractivity (Wildman–Crippen MR) is 164 cm³/mol. The third-order valence-electron chi connectivity index (χ3n) is 7.22. The molecule has 11 heteroatoms. The third kappa shape index (κ3) is 5.98. The highest BCUT2D eigenvalue weighted by Gasteiger charge is 2.36. The number of thiol groups is 1. The number of halogens is 1. The van der Waals surface area contributed by atoms with Gasteiger partial charge in [-0.3, -0.25) is 10.1 Å². The van der Waals surface area contributed by atoms with Crippen LogP contribution in [0.5, 0.6) is 5.75 Å². The number of nitrogen functional groups attached to an aromatic ring is 1. The molecule has 5 rings (SSSR count). The number of likely N-dealkylation sites (tertiary alicyclic amines) is 1. The van der Waals surface area contributed by atoms with Crippen molar-refractivity contribution in [2.24, 2.45) is 0 Å². The summed E-state index contributed by atoms with van der Waals surface area (Å²) >= 11 is 11.0. The van der Waals surface area contributed by atoms with Crippen LogP contribution in [0.4, 0.5) is 22.0 Å². The van der Waals surface area contributed by atoms with Crippen molar-refractivity contribution in [3.63, 3.8) is 0 Å². The standard InChI is InChI=1S/C30H30ClN5O4S/c1-39-25-15-18(5-9-23(25)31)27(34-19-6-8-21-17(14-19)11-12-33-28(21)32)29(37)36-13-3-4-24(36)22-16-20(7-10-26(22)41)35-30(38)40-2/h5-12,14-16,24,27,34,41H,3-4,13H2,1-2H3,(H2,32,33)(H,35,38)/t24-,27-/m1/s1. The Morgan fingerprint density at radius 2 is 1.90 bits per heavy atom. The lowest BCUT2D eigenvalue weighted by atomic mass is 10.0. The van der Waals surface area contributed by atoms with Crippen LogP contribution in [0.1, 0.15) is 36.1 Å². The highest BCUT2D eigenvalue weighted by atomic mass is 35.5. The Morgan fingerprint density at radius 1 is 1.10 bits per heavy atom. The van der Waals surface area contributed by atoms with Crippen molar-refractivity contribution >= 4 is 64.2 Å². The summed E-state index contributed by atoms with van der Waals surface area (Å²) in [6.45, 7) is 0.564. The molecular formula is C30H30ClN5O4S. The molecule has 1 aliphatic rings. The van der Waals surface area contributed by atoms with E-state index in [1.54, 1.807) is 30.5 Å². The second-order valence-corrected chi connectivity index (χ2v) is 10.6. The number of hydrogen-bond donors (Lipinski definition) is 4. The van der Waals surface area contributed by atoms with Crippen LogP contribution < -0.4 is 21.1 Å². The van der Waals surface area contributed by atoms with Crippen molar-refractivity contribution in [3.05, 3.63) is 83.0 Å². The van der Waals surface area contributed by atoms with Gasteiger partial charge in [0, 0.05) is 34.4 Å². The van der Waals surface area contributed by atoms with E-state index in [2.05, 4.69) is 28.2 Å². The Kier molecular flexibility index (Phi) is 8.41. The van der Waals surface area contributed by atoms with Gasteiger partial charge < -0.3 is 25.4 Å². The number of benzene rings is 3. The van der Waals surface area contributed by atoms with Crippen molar-refractivity contribution in [3.8, 4) is 5.75 Å². The zero-order valence-corrected chi connectivity index (χ0v) is 24.2. The second kappa shape index (κ2) is 12.2. The number of rotatable bonds is 7. The summed E-state index contributed by atoms with van der Waals surface area (Å²) in [6.07, 6.45) is 2.65. The molecule has 41 heavy (non-hydrogen) atoms. The first kappa shape index (κ1) is 28.4. The normalized spacial score (nSPS) is 15.4. The van der Waals surface area contributed by atoms with E-state index in [0.717, 1.165) is 39.8 Å². The molecular weight excluding hydrogens is 562 g/mol. The van der Waals surface area contributed by atoms with Crippen LogP contribution in [0, 0.1) is 0 Å². The van der Waals surface area contributed by atoms with Gasteiger partial charge in [-0.25, -0.2) is 9.78 Å². The van der Waals surface area contributed by atoms with E-state index in [0.29, 0.717) is 34.4 Å². The molecule has 0 aliphatic carbocycles. The fourth-order valence-electron chi connectivity index (χ4n) is 5.19. The highest BCUT2D eigenvalue weighted by molar-refractivity contribution is 7.80. The van der Waals surface area contributed by atoms with Gasteiger partial charge in [0.25, 0.3) is 0 Å². The number of amides is 2. The topological polar surface area (TPSA) is 119 Å². The van der Waals surface area contributed by atoms with E-state index >= 15 is 0 Å². The van der Waals surface area contributed by atoms with Gasteiger partial charge in [0.15, 0.2) is 0 Å². The van der Waals surface area contributed by atoms with Gasteiger partial charge in [-0.1, -0.05) is 17.7 Å². The van der Waals surface area contributed by atoms with Gasteiger partial charge in [-0.2, -0.15) is 0 Å². The van der Waals surface area contributed by atoms with E-state index in [4.69, 9.17) is 26.8 Å². The summed E-state index contributed by atoms with van der Waals surface area (Å²) in [7, 11) is 2.85. The van der Waals surface area contributed by atoms with Crippen LogP contribution in [0.15, 0.2) is 71.8 Å². The zero-order valence-electron chi connectivity index (χ0n) is 22.6. The Hall–Kier alpha value is -4.15. The van der Waals surface area contributed by atoms with E-state index in [1.807, 2.05) is 41.3 Å². The Balaban J connectivity index is 1.52. The summed E-state index contributed by atoms with van der Waals surface area (Å²) in [5.41, 5.74) is 8.89.